The standard InChI is InChI=1S/Ag.Mg.O.V.2H. The van der Waals surface area contributed by atoms with E-state index in [1.165, 1.54) is 0 Å². The van der Waals surface area contributed by atoms with Crippen LogP contribution in [0.1, 0.15) is 0 Å². The normalized spacial score (nSPS) is 0.750. The summed E-state index contributed by atoms with van der Waals surface area (Å²) in [5.41, 5.74) is 0. The molecule has 26 valence electrons. The quantitative estimate of drug-likeness (QED) is 0.457. The average Bonchev–Trinajstić information content (AvgIpc) is 1.00. The van der Waals surface area contributed by atoms with E-state index in [0.717, 1.165) is 17.4 Å². The van der Waals surface area contributed by atoms with Gasteiger partial charge in [-0.2, -0.15) is 0 Å². The molecule has 0 rings (SSSR count). The van der Waals surface area contributed by atoms with Crippen LogP contribution in [0.2, 0.25) is 0 Å². The molecule has 0 aliphatic carbocycles. The van der Waals surface area contributed by atoms with Gasteiger partial charge < -0.3 is 0 Å². The molecule has 0 aliphatic rings. The third-order valence-corrected chi connectivity index (χ3v) is 0. The van der Waals surface area contributed by atoms with Gasteiger partial charge in [0.25, 0.3) is 0 Å². The Balaban J connectivity index is -0.00000000500. The van der Waals surface area contributed by atoms with E-state index in [1.807, 2.05) is 0 Å². The molecule has 1 nitrogen and oxygen atoms in total. The molecule has 0 aromatic carbocycles. The summed E-state index contributed by atoms with van der Waals surface area (Å²) >= 11 is 1.06. The Bertz CT molecular complexity index is 8.00. The van der Waals surface area contributed by atoms with Crippen molar-refractivity contribution in [1.29, 1.82) is 0 Å². The molecule has 1 radical (unpaired) electrons. The molecule has 0 bridgehead atoms. The van der Waals surface area contributed by atoms with Crippen molar-refractivity contribution in [3.8, 4) is 0 Å². The van der Waals surface area contributed by atoms with Crippen LogP contribution in [0.5, 0.6) is 0 Å². The van der Waals surface area contributed by atoms with Crippen LogP contribution in [-0.2, 0) is 43.4 Å². The first-order valence-corrected chi connectivity index (χ1v) is 0.753. The van der Waals surface area contributed by atoms with Crippen LogP contribution in [0.3, 0.4) is 0 Å². The summed E-state index contributed by atoms with van der Waals surface area (Å²) in [6.07, 6.45) is 0. The van der Waals surface area contributed by atoms with Crippen LogP contribution in [0, 0.1) is 0 Å². The first-order chi connectivity index (χ1) is 1.00. The van der Waals surface area contributed by atoms with Gasteiger partial charge in [-0.1, -0.05) is 0 Å². The summed E-state index contributed by atoms with van der Waals surface area (Å²) in [7, 11) is 0. The molecule has 0 saturated carbocycles. The second kappa shape index (κ2) is 20.7. The van der Waals surface area contributed by atoms with Crippen LogP contribution in [0.4, 0.5) is 0 Å². The molecule has 0 N–H and O–H groups in total. The fraction of sp³-hybridized carbons (Fsp3) is 0. The molecule has 0 atom stereocenters. The van der Waals surface area contributed by atoms with Crippen molar-refractivity contribution in [1.82, 2.24) is 0 Å². The second-order valence-electron chi connectivity index (χ2n) is 0. The van der Waals surface area contributed by atoms with E-state index in [0.29, 0.717) is 0 Å². The number of rotatable bonds is 0. The Morgan fingerprint density at radius 1 is 1.25 bits per heavy atom. The molecule has 0 heterocycles. The van der Waals surface area contributed by atoms with Gasteiger partial charge in [0, 0.05) is 22.4 Å². The van der Waals surface area contributed by atoms with Gasteiger partial charge in [-0.05, 0) is 0 Å². The van der Waals surface area contributed by atoms with Crippen molar-refractivity contribution in [2.75, 3.05) is 0 Å². The van der Waals surface area contributed by atoms with Crippen molar-refractivity contribution in [2.45, 2.75) is 0 Å². The van der Waals surface area contributed by atoms with E-state index >= 15 is 0 Å². The van der Waals surface area contributed by atoms with Gasteiger partial charge >= 0.3 is 44.1 Å². The Hall–Kier alpha value is 1.89. The fourth-order valence-electron chi connectivity index (χ4n) is 0. The van der Waals surface area contributed by atoms with E-state index in [2.05, 4.69) is 0 Å². The summed E-state index contributed by atoms with van der Waals surface area (Å²) < 4.78 is 8.19. The minimum absolute atomic E-state index is 0. The number of hydrogen-bond donors (Lipinski definition) is 0. The van der Waals surface area contributed by atoms with E-state index < -0.39 is 0 Å². The van der Waals surface area contributed by atoms with Crippen molar-refractivity contribution in [3.05, 3.63) is 0 Å². The molecule has 0 amide bonds. The molecule has 0 aliphatic heterocycles. The molecule has 0 fully saturated rings. The van der Waals surface area contributed by atoms with E-state index in [9.17, 15) is 0 Å². The monoisotopic (exact) mass is 200 g/mol. The SMILES string of the molecule is [Ag].[MgH2].[O]=[V]. The molecule has 4 heavy (non-hydrogen) atoms. The zero-order valence-corrected chi connectivity index (χ0v) is 4.04. The average molecular weight is 201 g/mol. The molecule has 0 unspecified atom stereocenters. The van der Waals surface area contributed by atoms with Gasteiger partial charge in [0.15, 0.2) is 0 Å². The van der Waals surface area contributed by atoms with Gasteiger partial charge in [0.2, 0.25) is 0 Å². The second-order valence-corrected chi connectivity index (χ2v) is 0. The molecular formula is H2AgMgOV. The van der Waals surface area contributed by atoms with Gasteiger partial charge in [-0.3, -0.25) is 0 Å². The van der Waals surface area contributed by atoms with E-state index in [1.54, 1.807) is 0 Å². The van der Waals surface area contributed by atoms with Crippen LogP contribution < -0.4 is 0 Å². The molecule has 4 heteroatoms. The van der Waals surface area contributed by atoms with Crippen molar-refractivity contribution >= 4 is 23.1 Å². The Morgan fingerprint density at radius 3 is 1.25 bits per heavy atom. The summed E-state index contributed by atoms with van der Waals surface area (Å²) in [4.78, 5) is 0. The molecule has 0 spiro atoms. The Kier molecular flexibility index (Phi) is 87.3. The Labute approximate surface area is 65.8 Å². The van der Waals surface area contributed by atoms with Crippen LogP contribution in [0.15, 0.2) is 0 Å². The van der Waals surface area contributed by atoms with Crippen molar-refractivity contribution in [3.63, 3.8) is 0 Å². The number of hydrogen-bond acceptors (Lipinski definition) is 1. The zero-order chi connectivity index (χ0) is 2.00. The third-order valence-electron chi connectivity index (χ3n) is 0. The van der Waals surface area contributed by atoms with Crippen LogP contribution in [0.25, 0.3) is 0 Å². The first kappa shape index (κ1) is 16.9. The van der Waals surface area contributed by atoms with Gasteiger partial charge in [0.1, 0.15) is 0 Å². The molecular weight excluding hydrogens is 199 g/mol. The maximum absolute atomic E-state index is 8.19. The first-order valence-electron chi connectivity index (χ1n) is 0.183. The van der Waals surface area contributed by atoms with E-state index in [4.69, 9.17) is 3.67 Å². The molecule has 0 aromatic rings. The summed E-state index contributed by atoms with van der Waals surface area (Å²) in [5, 5.41) is 0. The third kappa shape index (κ3) is 9.09. The van der Waals surface area contributed by atoms with Crippen LogP contribution >= 0.6 is 0 Å². The summed E-state index contributed by atoms with van der Waals surface area (Å²) in [6, 6.07) is 0. The van der Waals surface area contributed by atoms with Crippen molar-refractivity contribution in [2.24, 2.45) is 0 Å². The van der Waals surface area contributed by atoms with E-state index in [-0.39, 0.29) is 45.4 Å². The maximum atomic E-state index is 8.19. The van der Waals surface area contributed by atoms with Gasteiger partial charge in [0.05, 0.1) is 0 Å². The van der Waals surface area contributed by atoms with Gasteiger partial charge in [-0.25, -0.2) is 0 Å². The molecule has 0 saturated heterocycles. The Morgan fingerprint density at radius 2 is 1.25 bits per heavy atom. The zero-order valence-electron chi connectivity index (χ0n) is 1.16. The molecule has 0 aromatic heterocycles. The van der Waals surface area contributed by atoms with Crippen LogP contribution in [-0.4, -0.2) is 23.1 Å². The summed E-state index contributed by atoms with van der Waals surface area (Å²) in [5.74, 6) is 0. The summed E-state index contributed by atoms with van der Waals surface area (Å²) in [6.45, 7) is 0. The topological polar surface area (TPSA) is 17.1 Å². The fourth-order valence-corrected chi connectivity index (χ4v) is 0. The van der Waals surface area contributed by atoms with Gasteiger partial charge in [-0.15, -0.1) is 0 Å². The predicted octanol–water partition coefficient (Wildman–Crippen LogP) is -1.04. The minimum atomic E-state index is 0. The van der Waals surface area contributed by atoms with Crippen molar-refractivity contribution < 1.29 is 43.4 Å². The predicted molar refractivity (Wildman–Crippen MR) is 9.23 cm³/mol.